The second kappa shape index (κ2) is 15.8. The van der Waals surface area contributed by atoms with Crippen molar-refractivity contribution in [1.82, 2.24) is 26.6 Å². The van der Waals surface area contributed by atoms with Crippen molar-refractivity contribution in [1.29, 1.82) is 0 Å². The zero-order valence-corrected chi connectivity index (χ0v) is 23.3. The molecular formula is C28H43N5O6. The van der Waals surface area contributed by atoms with Gasteiger partial charge in [-0.3, -0.25) is 24.0 Å². The maximum absolute atomic E-state index is 13.5. The highest BCUT2D eigenvalue weighted by atomic mass is 16.4. The SMILES string of the molecule is CC[C@H](C)[C@H](NC(=O)[C@H](Cc1ccccc1)NC(=O)[C@@H](NC(=O)[C@@H]1CCCN1)[C@@H](C)CC)C(=O)NCC(=O)O. The molecule has 0 aliphatic carbocycles. The van der Waals surface area contributed by atoms with Crippen LogP contribution >= 0.6 is 0 Å². The number of benzene rings is 1. The van der Waals surface area contributed by atoms with Crippen LogP contribution in [0.2, 0.25) is 0 Å². The average molecular weight is 546 g/mol. The number of carboxylic acid groups (broad SMARTS) is 1. The average Bonchev–Trinajstić information content (AvgIpc) is 3.47. The summed E-state index contributed by atoms with van der Waals surface area (Å²) < 4.78 is 0. The molecular weight excluding hydrogens is 502 g/mol. The van der Waals surface area contributed by atoms with Gasteiger partial charge in [0.15, 0.2) is 0 Å². The minimum Gasteiger partial charge on any atom is -0.480 e. The Labute approximate surface area is 230 Å². The van der Waals surface area contributed by atoms with Crippen molar-refractivity contribution >= 4 is 29.6 Å². The van der Waals surface area contributed by atoms with Gasteiger partial charge in [0.25, 0.3) is 0 Å². The summed E-state index contributed by atoms with van der Waals surface area (Å²) in [6, 6.07) is 5.93. The van der Waals surface area contributed by atoms with E-state index in [4.69, 9.17) is 5.11 Å². The first-order valence-electron chi connectivity index (χ1n) is 13.7. The van der Waals surface area contributed by atoms with E-state index in [1.54, 1.807) is 6.92 Å². The Morgan fingerprint density at radius 1 is 0.897 bits per heavy atom. The number of rotatable bonds is 15. The molecule has 11 heteroatoms. The third-order valence-electron chi connectivity index (χ3n) is 7.29. The van der Waals surface area contributed by atoms with Crippen LogP contribution < -0.4 is 26.6 Å². The molecule has 11 nitrogen and oxygen atoms in total. The molecule has 0 bridgehead atoms. The van der Waals surface area contributed by atoms with Crippen molar-refractivity contribution in [3.8, 4) is 0 Å². The summed E-state index contributed by atoms with van der Waals surface area (Å²) >= 11 is 0. The van der Waals surface area contributed by atoms with Gasteiger partial charge in [0.05, 0.1) is 6.04 Å². The van der Waals surface area contributed by atoms with E-state index in [0.29, 0.717) is 19.3 Å². The lowest BCUT2D eigenvalue weighted by molar-refractivity contribution is -0.139. The minimum absolute atomic E-state index is 0.160. The molecule has 6 atom stereocenters. The van der Waals surface area contributed by atoms with Crippen molar-refractivity contribution in [3.05, 3.63) is 35.9 Å². The summed E-state index contributed by atoms with van der Waals surface area (Å²) in [7, 11) is 0. The van der Waals surface area contributed by atoms with Gasteiger partial charge < -0.3 is 31.7 Å². The van der Waals surface area contributed by atoms with Crippen LogP contribution in [0.4, 0.5) is 0 Å². The highest BCUT2D eigenvalue weighted by Crippen LogP contribution is 2.13. The summed E-state index contributed by atoms with van der Waals surface area (Å²) in [6.45, 7) is 7.60. The van der Waals surface area contributed by atoms with Crippen LogP contribution in [-0.2, 0) is 30.4 Å². The van der Waals surface area contributed by atoms with Crippen LogP contribution in [0, 0.1) is 11.8 Å². The lowest BCUT2D eigenvalue weighted by Gasteiger charge is -2.29. The van der Waals surface area contributed by atoms with Crippen LogP contribution in [0.5, 0.6) is 0 Å². The number of nitrogens with one attached hydrogen (secondary N) is 5. The van der Waals surface area contributed by atoms with Crippen LogP contribution in [0.3, 0.4) is 0 Å². The molecule has 1 aromatic carbocycles. The van der Waals surface area contributed by atoms with Gasteiger partial charge in [0.2, 0.25) is 23.6 Å². The van der Waals surface area contributed by atoms with E-state index in [1.165, 1.54) is 0 Å². The lowest BCUT2D eigenvalue weighted by Crippen LogP contribution is -2.60. The quantitative estimate of drug-likeness (QED) is 0.189. The molecule has 1 saturated heterocycles. The molecule has 1 aliphatic rings. The zero-order valence-electron chi connectivity index (χ0n) is 23.3. The Hall–Kier alpha value is -3.47. The predicted octanol–water partition coefficient (Wildman–Crippen LogP) is 0.729. The molecule has 0 saturated carbocycles. The highest BCUT2D eigenvalue weighted by Gasteiger charge is 2.34. The topological polar surface area (TPSA) is 166 Å². The summed E-state index contributed by atoms with van der Waals surface area (Å²) in [5.41, 5.74) is 0.799. The van der Waals surface area contributed by atoms with E-state index in [9.17, 15) is 24.0 Å². The fourth-order valence-corrected chi connectivity index (χ4v) is 4.41. The Balaban J connectivity index is 2.25. The number of hydrogen-bond donors (Lipinski definition) is 6. The molecule has 2 rings (SSSR count). The molecule has 1 aliphatic heterocycles. The predicted molar refractivity (Wildman–Crippen MR) is 147 cm³/mol. The number of amides is 4. The molecule has 0 aromatic heterocycles. The Morgan fingerprint density at radius 3 is 2.05 bits per heavy atom. The number of carboxylic acids is 1. The maximum Gasteiger partial charge on any atom is 0.322 e. The monoisotopic (exact) mass is 545 g/mol. The molecule has 39 heavy (non-hydrogen) atoms. The maximum atomic E-state index is 13.5. The van der Waals surface area contributed by atoms with Crippen molar-refractivity contribution in [2.24, 2.45) is 11.8 Å². The molecule has 0 radical (unpaired) electrons. The van der Waals surface area contributed by atoms with Crippen molar-refractivity contribution in [2.75, 3.05) is 13.1 Å². The van der Waals surface area contributed by atoms with Gasteiger partial charge in [0, 0.05) is 6.42 Å². The van der Waals surface area contributed by atoms with Gasteiger partial charge in [-0.15, -0.1) is 0 Å². The van der Waals surface area contributed by atoms with Crippen LogP contribution in [0.15, 0.2) is 30.3 Å². The second-order valence-corrected chi connectivity index (χ2v) is 10.3. The van der Waals surface area contributed by atoms with Gasteiger partial charge in [0.1, 0.15) is 24.7 Å². The van der Waals surface area contributed by atoms with Crippen molar-refractivity contribution in [3.63, 3.8) is 0 Å². The zero-order chi connectivity index (χ0) is 28.9. The molecule has 1 fully saturated rings. The van der Waals surface area contributed by atoms with E-state index in [-0.39, 0.29) is 30.2 Å². The van der Waals surface area contributed by atoms with Crippen LogP contribution in [0.25, 0.3) is 0 Å². The molecule has 1 heterocycles. The Morgan fingerprint density at radius 2 is 1.51 bits per heavy atom. The smallest absolute Gasteiger partial charge is 0.322 e. The molecule has 6 N–H and O–H groups in total. The first-order chi connectivity index (χ1) is 18.6. The van der Waals surface area contributed by atoms with E-state index in [2.05, 4.69) is 26.6 Å². The number of hydrogen-bond acceptors (Lipinski definition) is 6. The summed E-state index contributed by atoms with van der Waals surface area (Å²) in [5.74, 6) is -3.59. The number of carbonyl (C=O) groups excluding carboxylic acids is 4. The van der Waals surface area contributed by atoms with E-state index < -0.39 is 48.4 Å². The fourth-order valence-electron chi connectivity index (χ4n) is 4.41. The molecule has 0 unspecified atom stereocenters. The van der Waals surface area contributed by atoms with Crippen LogP contribution in [0.1, 0.15) is 58.9 Å². The van der Waals surface area contributed by atoms with Crippen molar-refractivity contribution < 1.29 is 29.1 Å². The lowest BCUT2D eigenvalue weighted by atomic mass is 9.95. The van der Waals surface area contributed by atoms with Gasteiger partial charge in [-0.2, -0.15) is 0 Å². The van der Waals surface area contributed by atoms with Gasteiger partial charge in [-0.1, -0.05) is 70.9 Å². The third-order valence-corrected chi connectivity index (χ3v) is 7.29. The summed E-state index contributed by atoms with van der Waals surface area (Å²) in [5, 5.41) is 22.8. The molecule has 4 amide bonds. The minimum atomic E-state index is -1.20. The first-order valence-corrected chi connectivity index (χ1v) is 13.7. The highest BCUT2D eigenvalue weighted by molar-refractivity contribution is 5.95. The van der Waals surface area contributed by atoms with Gasteiger partial charge >= 0.3 is 5.97 Å². The van der Waals surface area contributed by atoms with E-state index >= 15 is 0 Å². The summed E-state index contributed by atoms with van der Waals surface area (Å²) in [6.07, 6.45) is 2.92. The summed E-state index contributed by atoms with van der Waals surface area (Å²) in [4.78, 5) is 63.5. The Kier molecular flexibility index (Phi) is 12.9. The van der Waals surface area contributed by atoms with E-state index in [0.717, 1.165) is 18.5 Å². The largest absolute Gasteiger partial charge is 0.480 e. The molecule has 1 aromatic rings. The second-order valence-electron chi connectivity index (χ2n) is 10.3. The van der Waals surface area contributed by atoms with Gasteiger partial charge in [-0.25, -0.2) is 0 Å². The van der Waals surface area contributed by atoms with Gasteiger partial charge in [-0.05, 0) is 36.8 Å². The molecule has 216 valence electrons. The number of carbonyl (C=O) groups is 5. The number of aliphatic carboxylic acids is 1. The standard InChI is InChI=1S/C28H43N5O6/c1-5-17(3)23(27(38)30-16-22(34)35)32-26(37)21(15-19-11-8-7-9-12-19)31-28(39)24(18(4)6-2)33-25(36)20-13-10-14-29-20/h7-9,11-12,17-18,20-21,23-24,29H,5-6,10,13-16H2,1-4H3,(H,30,38)(H,31,39)(H,32,37)(H,33,36)(H,34,35)/t17-,18-,20-,21-,23-,24-/m0/s1. The first kappa shape index (κ1) is 31.7. The Bertz CT molecular complexity index is 982. The fraction of sp³-hybridized carbons (Fsp3) is 0.607. The molecule has 0 spiro atoms. The normalized spacial score (nSPS) is 18.6. The van der Waals surface area contributed by atoms with Crippen LogP contribution in [-0.4, -0.2) is 72.0 Å². The van der Waals surface area contributed by atoms with E-state index in [1.807, 2.05) is 51.1 Å². The van der Waals surface area contributed by atoms with Crippen molar-refractivity contribution in [2.45, 2.75) is 84.0 Å². The third kappa shape index (κ3) is 9.97.